The first kappa shape index (κ1) is 16.3. The first-order valence-electron chi connectivity index (χ1n) is 6.96. The predicted octanol–water partition coefficient (Wildman–Crippen LogP) is 0.809. The van der Waals surface area contributed by atoms with Gasteiger partial charge < -0.3 is 14.9 Å². The molecule has 1 aromatic carbocycles. The number of methoxy groups -OCH3 is 1. The number of amides is 1. The van der Waals surface area contributed by atoms with Crippen LogP contribution in [0.1, 0.15) is 23.2 Å². The molecule has 0 saturated carbocycles. The molecule has 1 aromatic heterocycles. The molecular formula is C15H18N4O4. The molecule has 0 aliphatic carbocycles. The van der Waals surface area contributed by atoms with Crippen molar-refractivity contribution in [1.82, 2.24) is 15.6 Å². The summed E-state index contributed by atoms with van der Waals surface area (Å²) in [6.07, 6.45) is 1.88. The Morgan fingerprint density at radius 2 is 2.22 bits per heavy atom. The van der Waals surface area contributed by atoms with Gasteiger partial charge in [-0.2, -0.15) is 5.10 Å². The Morgan fingerprint density at radius 3 is 2.83 bits per heavy atom. The van der Waals surface area contributed by atoms with Crippen molar-refractivity contribution in [2.24, 2.45) is 5.10 Å². The van der Waals surface area contributed by atoms with Gasteiger partial charge in [-0.25, -0.2) is 5.43 Å². The maximum atomic E-state index is 11.7. The lowest BCUT2D eigenvalue weighted by molar-refractivity contribution is -0.121. The number of ether oxygens (including phenoxy) is 1. The second-order valence-electron chi connectivity index (χ2n) is 4.91. The maximum absolute atomic E-state index is 11.7. The number of hydrogen-bond acceptors (Lipinski definition) is 5. The molecule has 1 heterocycles. The van der Waals surface area contributed by atoms with Gasteiger partial charge in [-0.1, -0.05) is 0 Å². The van der Waals surface area contributed by atoms with Gasteiger partial charge in [0, 0.05) is 17.7 Å². The number of aryl methyl sites for hydroxylation is 1. The lowest BCUT2D eigenvalue weighted by Crippen LogP contribution is -2.19. The average Bonchev–Trinajstić information content (AvgIpc) is 2.84. The zero-order chi connectivity index (χ0) is 16.8. The van der Waals surface area contributed by atoms with Crippen LogP contribution in [0.2, 0.25) is 0 Å². The zero-order valence-corrected chi connectivity index (χ0v) is 12.8. The van der Waals surface area contributed by atoms with Gasteiger partial charge >= 0.3 is 0 Å². The van der Waals surface area contributed by atoms with Gasteiger partial charge in [-0.15, -0.1) is 0 Å². The van der Waals surface area contributed by atoms with E-state index in [-0.39, 0.29) is 23.6 Å². The molecule has 0 aliphatic rings. The summed E-state index contributed by atoms with van der Waals surface area (Å²) in [4.78, 5) is 23.2. The van der Waals surface area contributed by atoms with Crippen LogP contribution in [0, 0.1) is 6.92 Å². The topological polar surface area (TPSA) is 120 Å². The van der Waals surface area contributed by atoms with E-state index in [4.69, 9.17) is 4.74 Å². The van der Waals surface area contributed by atoms with E-state index in [0.717, 1.165) is 5.69 Å². The van der Waals surface area contributed by atoms with Crippen LogP contribution in [-0.2, 0) is 11.2 Å². The third kappa shape index (κ3) is 4.22. The Kier molecular flexibility index (Phi) is 5.19. The van der Waals surface area contributed by atoms with Crippen LogP contribution in [0.5, 0.6) is 11.5 Å². The fraction of sp³-hybridized carbons (Fsp3) is 0.267. The molecule has 122 valence electrons. The zero-order valence-electron chi connectivity index (χ0n) is 12.8. The number of rotatable bonds is 6. The Bertz CT molecular complexity index is 776. The lowest BCUT2D eigenvalue weighted by atomic mass is 10.1. The fourth-order valence-corrected chi connectivity index (χ4v) is 2.03. The highest BCUT2D eigenvalue weighted by molar-refractivity contribution is 5.83. The smallest absolute Gasteiger partial charge is 0.267 e. The number of phenolic OH excluding ortho intramolecular Hbond substituents is 1. The van der Waals surface area contributed by atoms with Crippen molar-refractivity contribution in [2.75, 3.05) is 7.11 Å². The molecule has 8 heteroatoms. The number of H-pyrrole nitrogens is 2. The lowest BCUT2D eigenvalue weighted by Gasteiger charge is -2.03. The van der Waals surface area contributed by atoms with Crippen LogP contribution in [-0.4, -0.2) is 34.5 Å². The summed E-state index contributed by atoms with van der Waals surface area (Å²) in [5.41, 5.74) is 4.05. The van der Waals surface area contributed by atoms with Crippen molar-refractivity contribution < 1.29 is 14.6 Å². The standard InChI is InChI=1S/C15H18N4O4/c1-9-11(15(22)19-17-9)4-6-14(21)18-16-8-10-3-5-13(23-2)12(20)7-10/h3,5,7-8,20H,4,6H2,1-2H3,(H,18,21)(H2,17,19,22). The Balaban J connectivity index is 1.86. The van der Waals surface area contributed by atoms with Gasteiger partial charge in [-0.05, 0) is 37.1 Å². The van der Waals surface area contributed by atoms with Crippen molar-refractivity contribution in [1.29, 1.82) is 0 Å². The monoisotopic (exact) mass is 318 g/mol. The summed E-state index contributed by atoms with van der Waals surface area (Å²) >= 11 is 0. The minimum Gasteiger partial charge on any atom is -0.504 e. The van der Waals surface area contributed by atoms with E-state index in [1.807, 2.05) is 0 Å². The largest absolute Gasteiger partial charge is 0.504 e. The first-order chi connectivity index (χ1) is 11.0. The van der Waals surface area contributed by atoms with Gasteiger partial charge in [0.25, 0.3) is 5.56 Å². The molecule has 0 bridgehead atoms. The number of hydrogen-bond donors (Lipinski definition) is 4. The molecule has 0 aliphatic heterocycles. The van der Waals surface area contributed by atoms with E-state index in [0.29, 0.717) is 23.3 Å². The highest BCUT2D eigenvalue weighted by atomic mass is 16.5. The molecule has 8 nitrogen and oxygen atoms in total. The minimum atomic E-state index is -0.306. The van der Waals surface area contributed by atoms with E-state index >= 15 is 0 Å². The maximum Gasteiger partial charge on any atom is 0.267 e. The summed E-state index contributed by atoms with van der Waals surface area (Å²) in [5.74, 6) is 0.0437. The summed E-state index contributed by atoms with van der Waals surface area (Å²) in [6.45, 7) is 1.76. The molecule has 0 radical (unpaired) electrons. The van der Waals surface area contributed by atoms with E-state index in [1.54, 1.807) is 19.1 Å². The third-order valence-corrected chi connectivity index (χ3v) is 3.30. The fourth-order valence-electron chi connectivity index (χ4n) is 2.03. The molecule has 2 rings (SSSR count). The minimum absolute atomic E-state index is 0.00932. The number of hydrazone groups is 1. The molecule has 2 aromatic rings. The van der Waals surface area contributed by atoms with Crippen molar-refractivity contribution in [3.05, 3.63) is 45.4 Å². The van der Waals surface area contributed by atoms with Crippen molar-refractivity contribution in [2.45, 2.75) is 19.8 Å². The molecule has 0 saturated heterocycles. The van der Waals surface area contributed by atoms with Gasteiger partial charge in [0.15, 0.2) is 11.5 Å². The van der Waals surface area contributed by atoms with Crippen LogP contribution in [0.15, 0.2) is 28.1 Å². The van der Waals surface area contributed by atoms with E-state index < -0.39 is 0 Å². The van der Waals surface area contributed by atoms with E-state index in [1.165, 1.54) is 19.4 Å². The third-order valence-electron chi connectivity index (χ3n) is 3.30. The molecule has 0 unspecified atom stereocenters. The van der Waals surface area contributed by atoms with Crippen molar-refractivity contribution >= 4 is 12.1 Å². The predicted molar refractivity (Wildman–Crippen MR) is 84.9 cm³/mol. The van der Waals surface area contributed by atoms with Gasteiger partial charge in [0.1, 0.15) is 0 Å². The number of phenols is 1. The normalized spacial score (nSPS) is 10.9. The second-order valence-corrected chi connectivity index (χ2v) is 4.91. The first-order valence-corrected chi connectivity index (χ1v) is 6.96. The summed E-state index contributed by atoms with van der Waals surface area (Å²) in [5, 5.41) is 18.6. The second kappa shape index (κ2) is 7.30. The molecular weight excluding hydrogens is 300 g/mol. The quantitative estimate of drug-likeness (QED) is 0.465. The van der Waals surface area contributed by atoms with E-state index in [9.17, 15) is 14.7 Å². The molecule has 0 fully saturated rings. The van der Waals surface area contributed by atoms with Gasteiger partial charge in [-0.3, -0.25) is 14.7 Å². The highest BCUT2D eigenvalue weighted by Gasteiger charge is 2.08. The van der Waals surface area contributed by atoms with Crippen LogP contribution < -0.4 is 15.7 Å². The number of aromatic amines is 2. The molecule has 0 spiro atoms. The Morgan fingerprint density at radius 1 is 1.43 bits per heavy atom. The number of nitrogens with zero attached hydrogens (tertiary/aromatic N) is 1. The number of aromatic hydroxyl groups is 1. The number of benzene rings is 1. The number of nitrogens with one attached hydrogen (secondary N) is 3. The van der Waals surface area contributed by atoms with Crippen LogP contribution in [0.3, 0.4) is 0 Å². The molecule has 0 atom stereocenters. The van der Waals surface area contributed by atoms with Crippen molar-refractivity contribution in [3.63, 3.8) is 0 Å². The van der Waals surface area contributed by atoms with Crippen molar-refractivity contribution in [3.8, 4) is 11.5 Å². The molecule has 23 heavy (non-hydrogen) atoms. The Labute approximate surface area is 132 Å². The van der Waals surface area contributed by atoms with E-state index in [2.05, 4.69) is 20.7 Å². The van der Waals surface area contributed by atoms with Crippen LogP contribution >= 0.6 is 0 Å². The summed E-state index contributed by atoms with van der Waals surface area (Å²) in [7, 11) is 1.46. The average molecular weight is 318 g/mol. The van der Waals surface area contributed by atoms with Crippen LogP contribution in [0.25, 0.3) is 0 Å². The number of carbonyl (C=O) groups is 1. The summed E-state index contributed by atoms with van der Waals surface area (Å²) < 4.78 is 4.93. The summed E-state index contributed by atoms with van der Waals surface area (Å²) in [6, 6.07) is 4.76. The van der Waals surface area contributed by atoms with Crippen LogP contribution in [0.4, 0.5) is 0 Å². The number of carbonyl (C=O) groups excluding carboxylic acids is 1. The SMILES string of the molecule is COc1ccc(C=NNC(=O)CCc2c(C)[nH][nH]c2=O)cc1O. The van der Waals surface area contributed by atoms with Gasteiger partial charge in [0.05, 0.1) is 13.3 Å². The van der Waals surface area contributed by atoms with Gasteiger partial charge in [0.2, 0.25) is 5.91 Å². The Hall–Kier alpha value is -3.03. The molecule has 4 N–H and O–H groups in total. The number of aromatic nitrogens is 2. The highest BCUT2D eigenvalue weighted by Crippen LogP contribution is 2.25. The molecule has 1 amide bonds.